The van der Waals surface area contributed by atoms with Gasteiger partial charge in [0.05, 0.1) is 15.8 Å². The quantitative estimate of drug-likeness (QED) is 0.489. The Morgan fingerprint density at radius 3 is 2.13 bits per heavy atom. The first kappa shape index (κ1) is 16.7. The number of hydrogen-bond acceptors (Lipinski definition) is 5. The van der Waals surface area contributed by atoms with Gasteiger partial charge in [0, 0.05) is 5.56 Å². The molecule has 2 rings (SSSR count). The highest BCUT2D eigenvalue weighted by Gasteiger charge is 2.16. The Morgan fingerprint density at radius 2 is 1.61 bits per heavy atom. The summed E-state index contributed by atoms with van der Waals surface area (Å²) >= 11 is 0.972. The standard InChI is InChI=1S/C15H15N3O4S/c1-8(9-2-4-10(5-3-9)13(16)19)17-14(20)11-6-7-12(23-11)15(21)18-22/h2-8,22H,1H3,(H2,16,19)(H,17,20)(H,18,21)/t8-/m1/s1. The average molecular weight is 333 g/mol. The normalized spacial score (nSPS) is 11.6. The highest BCUT2D eigenvalue weighted by atomic mass is 32.1. The summed E-state index contributed by atoms with van der Waals surface area (Å²) in [6.07, 6.45) is 0. The molecule has 0 fully saturated rings. The second-order valence-corrected chi connectivity index (χ2v) is 5.87. The predicted octanol–water partition coefficient (Wildman–Crippen LogP) is 1.46. The topological polar surface area (TPSA) is 122 Å². The minimum absolute atomic E-state index is 0.233. The molecular weight excluding hydrogens is 318 g/mol. The van der Waals surface area contributed by atoms with Crippen LogP contribution >= 0.6 is 11.3 Å². The molecule has 1 aromatic carbocycles. The lowest BCUT2D eigenvalue weighted by molar-refractivity contribution is 0.0711. The van der Waals surface area contributed by atoms with E-state index in [1.807, 2.05) is 0 Å². The molecule has 0 saturated heterocycles. The van der Waals surface area contributed by atoms with Crippen molar-refractivity contribution in [2.24, 2.45) is 5.73 Å². The fraction of sp³-hybridized carbons (Fsp3) is 0.133. The zero-order valence-electron chi connectivity index (χ0n) is 12.2. The van der Waals surface area contributed by atoms with Gasteiger partial charge < -0.3 is 11.1 Å². The van der Waals surface area contributed by atoms with E-state index in [1.54, 1.807) is 31.2 Å². The van der Waals surface area contributed by atoms with Gasteiger partial charge in [-0.1, -0.05) is 12.1 Å². The lowest BCUT2D eigenvalue weighted by Crippen LogP contribution is -2.26. The van der Waals surface area contributed by atoms with Crippen LogP contribution < -0.4 is 16.5 Å². The number of rotatable bonds is 5. The maximum absolute atomic E-state index is 12.2. The summed E-state index contributed by atoms with van der Waals surface area (Å²) in [7, 11) is 0. The van der Waals surface area contributed by atoms with Crippen molar-refractivity contribution < 1.29 is 19.6 Å². The Morgan fingerprint density at radius 1 is 1.04 bits per heavy atom. The van der Waals surface area contributed by atoms with Crippen molar-refractivity contribution in [1.82, 2.24) is 10.8 Å². The van der Waals surface area contributed by atoms with Crippen LogP contribution in [0.25, 0.3) is 0 Å². The first-order valence-corrected chi connectivity index (χ1v) is 7.49. The monoisotopic (exact) mass is 333 g/mol. The molecule has 3 amide bonds. The average Bonchev–Trinajstić information content (AvgIpc) is 3.04. The number of carbonyl (C=O) groups excluding carboxylic acids is 3. The van der Waals surface area contributed by atoms with E-state index >= 15 is 0 Å². The number of nitrogens with one attached hydrogen (secondary N) is 2. The van der Waals surface area contributed by atoms with Crippen LogP contribution in [0.4, 0.5) is 0 Å². The predicted molar refractivity (Wildman–Crippen MR) is 84.4 cm³/mol. The summed E-state index contributed by atoms with van der Waals surface area (Å²) in [5.41, 5.74) is 7.90. The van der Waals surface area contributed by atoms with Crippen LogP contribution in [0, 0.1) is 0 Å². The highest BCUT2D eigenvalue weighted by Crippen LogP contribution is 2.19. The first-order valence-electron chi connectivity index (χ1n) is 6.67. The highest BCUT2D eigenvalue weighted by molar-refractivity contribution is 7.15. The van der Waals surface area contributed by atoms with E-state index in [4.69, 9.17) is 10.9 Å². The van der Waals surface area contributed by atoms with Gasteiger partial charge in [-0.15, -0.1) is 11.3 Å². The molecule has 0 saturated carbocycles. The van der Waals surface area contributed by atoms with Gasteiger partial charge in [0.25, 0.3) is 11.8 Å². The molecule has 23 heavy (non-hydrogen) atoms. The van der Waals surface area contributed by atoms with Crippen LogP contribution in [0.1, 0.15) is 48.2 Å². The second kappa shape index (κ2) is 7.03. The van der Waals surface area contributed by atoms with E-state index in [-0.39, 0.29) is 16.8 Å². The van der Waals surface area contributed by atoms with E-state index < -0.39 is 11.8 Å². The summed E-state index contributed by atoms with van der Waals surface area (Å²) in [6.45, 7) is 1.80. The summed E-state index contributed by atoms with van der Waals surface area (Å²) in [6, 6.07) is 9.28. The van der Waals surface area contributed by atoms with E-state index in [2.05, 4.69) is 5.32 Å². The maximum Gasteiger partial charge on any atom is 0.284 e. The number of carbonyl (C=O) groups is 3. The Labute approximate surface area is 136 Å². The van der Waals surface area contributed by atoms with Crippen LogP contribution in [0.2, 0.25) is 0 Å². The van der Waals surface area contributed by atoms with Crippen molar-refractivity contribution in [3.63, 3.8) is 0 Å². The molecule has 2 aromatic rings. The van der Waals surface area contributed by atoms with Crippen LogP contribution in [0.15, 0.2) is 36.4 Å². The molecule has 7 nitrogen and oxygen atoms in total. The third-order valence-corrected chi connectivity index (χ3v) is 4.28. The Balaban J connectivity index is 2.05. The summed E-state index contributed by atoms with van der Waals surface area (Å²) in [5, 5.41) is 11.4. The van der Waals surface area contributed by atoms with Gasteiger partial charge in [0.2, 0.25) is 5.91 Å². The molecule has 0 bridgehead atoms. The number of primary amides is 1. The molecule has 120 valence electrons. The first-order chi connectivity index (χ1) is 10.9. The number of hydrogen-bond donors (Lipinski definition) is 4. The van der Waals surface area contributed by atoms with Crippen molar-refractivity contribution in [3.8, 4) is 0 Å². The van der Waals surface area contributed by atoms with E-state index in [0.29, 0.717) is 10.4 Å². The second-order valence-electron chi connectivity index (χ2n) is 4.79. The summed E-state index contributed by atoms with van der Waals surface area (Å²) < 4.78 is 0. The fourth-order valence-corrected chi connectivity index (χ4v) is 2.72. The number of nitrogens with two attached hydrogens (primary N) is 1. The zero-order valence-corrected chi connectivity index (χ0v) is 13.0. The lowest BCUT2D eigenvalue weighted by atomic mass is 10.1. The minimum atomic E-state index is -0.663. The van der Waals surface area contributed by atoms with Crippen molar-refractivity contribution in [3.05, 3.63) is 57.3 Å². The molecule has 5 N–H and O–H groups in total. The Kier molecular flexibility index (Phi) is 5.09. The lowest BCUT2D eigenvalue weighted by Gasteiger charge is -2.14. The molecule has 1 atom stereocenters. The van der Waals surface area contributed by atoms with Gasteiger partial charge in [0.1, 0.15) is 0 Å². The molecular formula is C15H15N3O4S. The van der Waals surface area contributed by atoms with Crippen molar-refractivity contribution >= 4 is 29.1 Å². The van der Waals surface area contributed by atoms with Crippen molar-refractivity contribution in [2.75, 3.05) is 0 Å². The van der Waals surface area contributed by atoms with E-state index in [1.165, 1.54) is 17.6 Å². The zero-order chi connectivity index (χ0) is 17.0. The molecule has 0 aliphatic rings. The number of benzene rings is 1. The third kappa shape index (κ3) is 3.93. The van der Waals surface area contributed by atoms with Gasteiger partial charge in [-0.2, -0.15) is 0 Å². The van der Waals surface area contributed by atoms with Gasteiger partial charge in [0.15, 0.2) is 0 Å². The van der Waals surface area contributed by atoms with Gasteiger partial charge >= 0.3 is 0 Å². The maximum atomic E-state index is 12.2. The van der Waals surface area contributed by atoms with Crippen LogP contribution in [-0.2, 0) is 0 Å². The molecule has 0 unspecified atom stereocenters. The van der Waals surface area contributed by atoms with E-state index in [9.17, 15) is 14.4 Å². The molecule has 0 aliphatic carbocycles. The molecule has 0 spiro atoms. The van der Waals surface area contributed by atoms with Crippen LogP contribution in [0.5, 0.6) is 0 Å². The Hall–Kier alpha value is -2.71. The molecule has 0 radical (unpaired) electrons. The van der Waals surface area contributed by atoms with Gasteiger partial charge in [-0.3, -0.25) is 19.6 Å². The van der Waals surface area contributed by atoms with Crippen LogP contribution in [-0.4, -0.2) is 22.9 Å². The number of thiophene rings is 1. The molecule has 1 heterocycles. The molecule has 1 aromatic heterocycles. The van der Waals surface area contributed by atoms with Crippen molar-refractivity contribution in [2.45, 2.75) is 13.0 Å². The van der Waals surface area contributed by atoms with Crippen molar-refractivity contribution in [1.29, 1.82) is 0 Å². The van der Waals surface area contributed by atoms with Gasteiger partial charge in [-0.05, 0) is 36.8 Å². The minimum Gasteiger partial charge on any atom is -0.366 e. The Bertz CT molecular complexity index is 739. The number of amides is 3. The number of hydroxylamine groups is 1. The molecule has 8 heteroatoms. The van der Waals surface area contributed by atoms with Crippen LogP contribution in [0.3, 0.4) is 0 Å². The van der Waals surface area contributed by atoms with E-state index in [0.717, 1.165) is 16.9 Å². The SMILES string of the molecule is C[C@@H](NC(=O)c1ccc(C(=O)NO)s1)c1ccc(C(N)=O)cc1. The largest absolute Gasteiger partial charge is 0.366 e. The van der Waals surface area contributed by atoms with Gasteiger partial charge in [-0.25, -0.2) is 5.48 Å². The smallest absolute Gasteiger partial charge is 0.284 e. The summed E-state index contributed by atoms with van der Waals surface area (Å²) in [4.78, 5) is 35.0. The molecule has 0 aliphatic heterocycles. The summed E-state index contributed by atoms with van der Waals surface area (Å²) in [5.74, 6) is -1.51. The fourth-order valence-electron chi connectivity index (χ4n) is 1.92. The third-order valence-electron chi connectivity index (χ3n) is 3.20.